The largest absolute Gasteiger partial charge is 0.354 e. The van der Waals surface area contributed by atoms with Crippen molar-refractivity contribution in [2.75, 3.05) is 10.0 Å². The molecule has 0 atom stereocenters. The van der Waals surface area contributed by atoms with Gasteiger partial charge in [0.05, 0.1) is 21.6 Å². The molecule has 1 aromatic heterocycles. The van der Waals surface area contributed by atoms with Gasteiger partial charge in [0.25, 0.3) is 10.0 Å². The van der Waals surface area contributed by atoms with Crippen molar-refractivity contribution in [1.29, 1.82) is 0 Å². The Kier molecular flexibility index (Phi) is 4.76. The van der Waals surface area contributed by atoms with Crippen molar-refractivity contribution in [3.05, 3.63) is 103 Å². The van der Waals surface area contributed by atoms with E-state index in [1.54, 1.807) is 48.5 Å². The van der Waals surface area contributed by atoms with E-state index in [1.807, 2.05) is 54.6 Å². The Labute approximate surface area is 180 Å². The smallest absolute Gasteiger partial charge is 0.261 e. The maximum absolute atomic E-state index is 12.7. The van der Waals surface area contributed by atoms with Crippen LogP contribution in [-0.2, 0) is 10.0 Å². The highest BCUT2D eigenvalue weighted by molar-refractivity contribution is 7.92. The fourth-order valence-corrected chi connectivity index (χ4v) is 4.62. The van der Waals surface area contributed by atoms with Crippen LogP contribution in [-0.4, -0.2) is 13.4 Å². The van der Waals surface area contributed by atoms with Crippen LogP contribution in [0.25, 0.3) is 21.8 Å². The van der Waals surface area contributed by atoms with Crippen molar-refractivity contribution in [2.24, 2.45) is 0 Å². The monoisotopic (exact) mass is 425 g/mol. The van der Waals surface area contributed by atoms with Gasteiger partial charge in [-0.1, -0.05) is 54.6 Å². The highest BCUT2D eigenvalue weighted by Crippen LogP contribution is 2.33. The summed E-state index contributed by atoms with van der Waals surface area (Å²) < 4.78 is 28.0. The molecular weight excluding hydrogens is 406 g/mol. The Balaban J connectivity index is 1.49. The molecule has 0 aliphatic heterocycles. The number of hydrogen-bond donors (Lipinski definition) is 2. The Bertz CT molecular complexity index is 1430. The summed E-state index contributed by atoms with van der Waals surface area (Å²) in [6.07, 6.45) is 0. The first-order chi connectivity index (χ1) is 15.1. The van der Waals surface area contributed by atoms with Gasteiger partial charge in [-0.15, -0.1) is 0 Å². The molecule has 0 fully saturated rings. The highest BCUT2D eigenvalue weighted by Gasteiger charge is 2.14. The van der Waals surface area contributed by atoms with E-state index in [2.05, 4.69) is 10.0 Å². The quantitative estimate of drug-likeness (QED) is 0.342. The van der Waals surface area contributed by atoms with Gasteiger partial charge in [-0.25, -0.2) is 13.4 Å². The first kappa shape index (κ1) is 19.1. The molecule has 6 heteroatoms. The molecule has 0 aliphatic carbocycles. The predicted molar refractivity (Wildman–Crippen MR) is 126 cm³/mol. The van der Waals surface area contributed by atoms with Gasteiger partial charge < -0.3 is 5.32 Å². The number of fused-ring (bicyclic) bond motifs is 2. The molecular formula is C25H19N3O2S. The van der Waals surface area contributed by atoms with Gasteiger partial charge in [0.15, 0.2) is 0 Å². The number of anilines is 3. The molecule has 0 amide bonds. The third-order valence-electron chi connectivity index (χ3n) is 5.05. The third kappa shape index (κ3) is 3.81. The van der Waals surface area contributed by atoms with Crippen LogP contribution in [0.1, 0.15) is 0 Å². The lowest BCUT2D eigenvalue weighted by atomic mass is 10.1. The van der Waals surface area contributed by atoms with Crippen LogP contribution in [0.3, 0.4) is 0 Å². The molecule has 0 radical (unpaired) electrons. The minimum atomic E-state index is -3.66. The van der Waals surface area contributed by atoms with Gasteiger partial charge >= 0.3 is 0 Å². The molecule has 31 heavy (non-hydrogen) atoms. The van der Waals surface area contributed by atoms with Crippen molar-refractivity contribution in [1.82, 2.24) is 4.98 Å². The van der Waals surface area contributed by atoms with Crippen LogP contribution in [0, 0.1) is 0 Å². The van der Waals surface area contributed by atoms with Gasteiger partial charge in [0, 0.05) is 22.1 Å². The number of nitrogens with zero attached hydrogens (tertiary/aromatic N) is 1. The molecule has 5 rings (SSSR count). The molecule has 0 saturated carbocycles. The number of benzene rings is 4. The zero-order valence-electron chi connectivity index (χ0n) is 16.5. The number of sulfonamides is 1. The lowest BCUT2D eigenvalue weighted by Gasteiger charge is -2.14. The number of rotatable bonds is 5. The van der Waals surface area contributed by atoms with E-state index in [0.717, 1.165) is 33.2 Å². The summed E-state index contributed by atoms with van der Waals surface area (Å²) >= 11 is 0. The van der Waals surface area contributed by atoms with Crippen molar-refractivity contribution in [3.8, 4) is 0 Å². The van der Waals surface area contributed by atoms with Crippen LogP contribution in [0.5, 0.6) is 0 Å². The number of nitrogens with one attached hydrogen (secondary N) is 2. The Morgan fingerprint density at radius 1 is 0.581 bits per heavy atom. The number of hydrogen-bond acceptors (Lipinski definition) is 4. The number of pyridine rings is 1. The van der Waals surface area contributed by atoms with Crippen molar-refractivity contribution < 1.29 is 8.42 Å². The summed E-state index contributed by atoms with van der Waals surface area (Å²) in [6.45, 7) is 0. The van der Waals surface area contributed by atoms with E-state index in [0.29, 0.717) is 5.69 Å². The molecule has 0 unspecified atom stereocenters. The van der Waals surface area contributed by atoms with Gasteiger partial charge in [-0.2, -0.15) is 0 Å². The number of aromatic nitrogens is 1. The molecule has 1 heterocycles. The Morgan fingerprint density at radius 3 is 1.74 bits per heavy atom. The summed E-state index contributed by atoms with van der Waals surface area (Å²) in [4.78, 5) is 4.94. The molecule has 4 aromatic carbocycles. The van der Waals surface area contributed by atoms with Crippen LogP contribution < -0.4 is 10.0 Å². The number of para-hydroxylation sites is 3. The van der Waals surface area contributed by atoms with Crippen molar-refractivity contribution in [3.63, 3.8) is 0 Å². The van der Waals surface area contributed by atoms with Crippen molar-refractivity contribution >= 4 is 48.9 Å². The average molecular weight is 426 g/mol. The van der Waals surface area contributed by atoms with Gasteiger partial charge in [-0.05, 0) is 48.5 Å². The second-order valence-electron chi connectivity index (χ2n) is 7.14. The fourth-order valence-electron chi connectivity index (χ4n) is 3.56. The third-order valence-corrected chi connectivity index (χ3v) is 6.44. The summed E-state index contributed by atoms with van der Waals surface area (Å²) in [5.41, 5.74) is 4.06. The average Bonchev–Trinajstić information content (AvgIpc) is 2.80. The van der Waals surface area contributed by atoms with Crippen LogP contribution in [0.15, 0.2) is 108 Å². The van der Waals surface area contributed by atoms with E-state index >= 15 is 0 Å². The van der Waals surface area contributed by atoms with E-state index in [1.165, 1.54) is 0 Å². The first-order valence-corrected chi connectivity index (χ1v) is 11.3. The van der Waals surface area contributed by atoms with E-state index in [4.69, 9.17) is 4.98 Å². The Morgan fingerprint density at radius 2 is 1.13 bits per heavy atom. The predicted octanol–water partition coefficient (Wildman–Crippen LogP) is 5.93. The standard InChI is InChI=1S/C25H19N3O2S/c29-31(30,28-19-8-2-1-3-9-19)20-16-14-18(15-17-20)26-25-21-10-4-6-12-23(21)27-24-13-7-5-11-22(24)25/h1-17,28H,(H,26,27). The summed E-state index contributed by atoms with van der Waals surface area (Å²) in [5.74, 6) is 0. The normalized spacial score (nSPS) is 11.5. The van der Waals surface area contributed by atoms with Gasteiger partial charge in [-0.3, -0.25) is 4.72 Å². The SMILES string of the molecule is O=S(=O)(Nc1ccccc1)c1ccc(Nc2c3ccccc3nc3ccccc23)cc1. The molecule has 0 saturated heterocycles. The second kappa shape index (κ2) is 7.74. The van der Waals surface area contributed by atoms with Crippen LogP contribution in [0.2, 0.25) is 0 Å². The molecule has 5 nitrogen and oxygen atoms in total. The molecule has 0 bridgehead atoms. The summed E-state index contributed by atoms with van der Waals surface area (Å²) in [7, 11) is -3.66. The first-order valence-electron chi connectivity index (χ1n) is 9.83. The molecule has 2 N–H and O–H groups in total. The summed E-state index contributed by atoms with van der Waals surface area (Å²) in [5, 5.41) is 5.47. The van der Waals surface area contributed by atoms with E-state index in [9.17, 15) is 8.42 Å². The van der Waals surface area contributed by atoms with Crippen LogP contribution in [0.4, 0.5) is 17.1 Å². The zero-order chi connectivity index (χ0) is 21.3. The minimum absolute atomic E-state index is 0.200. The molecule has 152 valence electrons. The molecule has 5 aromatic rings. The fraction of sp³-hybridized carbons (Fsp3) is 0. The van der Waals surface area contributed by atoms with Crippen molar-refractivity contribution in [2.45, 2.75) is 4.90 Å². The highest BCUT2D eigenvalue weighted by atomic mass is 32.2. The molecule has 0 aliphatic rings. The van der Waals surface area contributed by atoms with Crippen LogP contribution >= 0.6 is 0 Å². The van der Waals surface area contributed by atoms with Gasteiger partial charge in [0.2, 0.25) is 0 Å². The minimum Gasteiger partial charge on any atom is -0.354 e. The van der Waals surface area contributed by atoms with E-state index in [-0.39, 0.29) is 4.90 Å². The lowest BCUT2D eigenvalue weighted by molar-refractivity contribution is 0.601. The maximum atomic E-state index is 12.7. The Hall–Kier alpha value is -3.90. The lowest BCUT2D eigenvalue weighted by Crippen LogP contribution is -2.12. The second-order valence-corrected chi connectivity index (χ2v) is 8.82. The molecule has 0 spiro atoms. The maximum Gasteiger partial charge on any atom is 0.261 e. The zero-order valence-corrected chi connectivity index (χ0v) is 17.3. The van der Waals surface area contributed by atoms with Gasteiger partial charge in [0.1, 0.15) is 0 Å². The van der Waals surface area contributed by atoms with E-state index < -0.39 is 10.0 Å². The topological polar surface area (TPSA) is 71.1 Å². The summed E-state index contributed by atoms with van der Waals surface area (Å²) in [6, 6.07) is 31.5.